The molecule has 14 heavy (non-hydrogen) atoms. The predicted molar refractivity (Wildman–Crippen MR) is 53.3 cm³/mol. The van der Waals surface area contributed by atoms with E-state index in [1.54, 1.807) is 0 Å². The second-order valence-electron chi connectivity index (χ2n) is 2.64. The Balaban J connectivity index is 3.41. The standard InChI is InChI=1S/C9H8N2O2S/c10-3-6-1-5(9(12)13)2-8(14)7(6)4-11/h1-2,14H,4,11H2,(H,12,13). The molecule has 1 rings (SSSR count). The van der Waals surface area contributed by atoms with Crippen LogP contribution in [0.3, 0.4) is 0 Å². The van der Waals surface area contributed by atoms with Gasteiger partial charge in [0.1, 0.15) is 0 Å². The number of carboxylic acid groups (broad SMARTS) is 1. The summed E-state index contributed by atoms with van der Waals surface area (Å²) in [6.07, 6.45) is 0. The van der Waals surface area contributed by atoms with Crippen LogP contribution in [0.5, 0.6) is 0 Å². The molecule has 0 saturated heterocycles. The van der Waals surface area contributed by atoms with E-state index in [0.717, 1.165) is 0 Å². The number of carbonyl (C=O) groups is 1. The summed E-state index contributed by atoms with van der Waals surface area (Å²) in [5.41, 5.74) is 6.28. The Morgan fingerprint density at radius 3 is 2.71 bits per heavy atom. The Hall–Kier alpha value is -1.51. The number of thiol groups is 1. The van der Waals surface area contributed by atoms with E-state index in [1.807, 2.05) is 6.07 Å². The van der Waals surface area contributed by atoms with Crippen molar-refractivity contribution >= 4 is 18.6 Å². The molecule has 0 amide bonds. The molecule has 1 aromatic carbocycles. The molecule has 0 bridgehead atoms. The van der Waals surface area contributed by atoms with Gasteiger partial charge in [0.15, 0.2) is 0 Å². The van der Waals surface area contributed by atoms with E-state index in [9.17, 15) is 4.79 Å². The quantitative estimate of drug-likeness (QED) is 0.633. The van der Waals surface area contributed by atoms with Gasteiger partial charge in [0, 0.05) is 11.4 Å². The largest absolute Gasteiger partial charge is 0.478 e. The Kier molecular flexibility index (Phi) is 3.12. The third-order valence-electron chi connectivity index (χ3n) is 1.80. The van der Waals surface area contributed by atoms with Crippen molar-refractivity contribution in [2.75, 3.05) is 0 Å². The van der Waals surface area contributed by atoms with Crippen molar-refractivity contribution < 1.29 is 9.90 Å². The minimum Gasteiger partial charge on any atom is -0.478 e. The molecule has 0 aliphatic heterocycles. The van der Waals surface area contributed by atoms with Gasteiger partial charge in [0.25, 0.3) is 0 Å². The highest BCUT2D eigenvalue weighted by atomic mass is 32.1. The van der Waals surface area contributed by atoms with E-state index in [2.05, 4.69) is 12.6 Å². The van der Waals surface area contributed by atoms with E-state index in [-0.39, 0.29) is 17.7 Å². The molecular formula is C9H8N2O2S. The van der Waals surface area contributed by atoms with Gasteiger partial charge in [0.2, 0.25) is 0 Å². The van der Waals surface area contributed by atoms with Crippen molar-refractivity contribution in [1.29, 1.82) is 5.26 Å². The highest BCUT2D eigenvalue weighted by molar-refractivity contribution is 7.80. The van der Waals surface area contributed by atoms with Crippen molar-refractivity contribution in [2.24, 2.45) is 5.73 Å². The molecule has 0 spiro atoms. The van der Waals surface area contributed by atoms with Crippen LogP contribution in [-0.4, -0.2) is 11.1 Å². The summed E-state index contributed by atoms with van der Waals surface area (Å²) in [7, 11) is 0. The third kappa shape index (κ3) is 1.87. The Bertz CT molecular complexity index is 424. The summed E-state index contributed by atoms with van der Waals surface area (Å²) in [6, 6.07) is 4.57. The molecule has 4 nitrogen and oxygen atoms in total. The van der Waals surface area contributed by atoms with Gasteiger partial charge in [-0.1, -0.05) is 0 Å². The van der Waals surface area contributed by atoms with Gasteiger partial charge in [0.05, 0.1) is 17.2 Å². The highest BCUT2D eigenvalue weighted by Gasteiger charge is 2.10. The van der Waals surface area contributed by atoms with Crippen LogP contribution in [0, 0.1) is 11.3 Å². The van der Waals surface area contributed by atoms with Crippen LogP contribution in [0.1, 0.15) is 21.5 Å². The molecular weight excluding hydrogens is 200 g/mol. The first kappa shape index (κ1) is 10.6. The van der Waals surface area contributed by atoms with Crippen molar-refractivity contribution in [2.45, 2.75) is 11.4 Å². The SMILES string of the molecule is N#Cc1cc(C(=O)O)cc(S)c1CN. The lowest BCUT2D eigenvalue weighted by Gasteiger charge is -2.05. The zero-order valence-electron chi connectivity index (χ0n) is 7.19. The summed E-state index contributed by atoms with van der Waals surface area (Å²) in [6.45, 7) is 0.168. The second-order valence-corrected chi connectivity index (χ2v) is 3.12. The van der Waals surface area contributed by atoms with Crippen LogP contribution in [0.15, 0.2) is 17.0 Å². The fourth-order valence-electron chi connectivity index (χ4n) is 1.09. The van der Waals surface area contributed by atoms with Gasteiger partial charge >= 0.3 is 5.97 Å². The second kappa shape index (κ2) is 4.13. The molecule has 1 aromatic rings. The molecule has 0 saturated carbocycles. The number of nitrogens with zero attached hydrogens (tertiary/aromatic N) is 1. The monoisotopic (exact) mass is 208 g/mol. The lowest BCUT2D eigenvalue weighted by Crippen LogP contribution is -2.04. The number of aromatic carboxylic acids is 1. The summed E-state index contributed by atoms with van der Waals surface area (Å²) in [5.74, 6) is -1.08. The minimum absolute atomic E-state index is 0.0451. The van der Waals surface area contributed by atoms with Crippen molar-refractivity contribution in [1.82, 2.24) is 0 Å². The molecule has 0 heterocycles. The zero-order chi connectivity index (χ0) is 10.7. The van der Waals surface area contributed by atoms with Crippen LogP contribution >= 0.6 is 12.6 Å². The lowest BCUT2D eigenvalue weighted by molar-refractivity contribution is 0.0696. The molecule has 0 atom stereocenters. The zero-order valence-corrected chi connectivity index (χ0v) is 8.08. The number of hydrogen-bond acceptors (Lipinski definition) is 4. The van der Waals surface area contributed by atoms with Crippen LogP contribution in [-0.2, 0) is 6.54 Å². The predicted octanol–water partition coefficient (Wildman–Crippen LogP) is 1.00. The van der Waals surface area contributed by atoms with Crippen LogP contribution in [0.2, 0.25) is 0 Å². The summed E-state index contributed by atoms with van der Waals surface area (Å²) >= 11 is 4.07. The van der Waals surface area contributed by atoms with Gasteiger partial charge in [-0.3, -0.25) is 0 Å². The number of nitrogens with two attached hydrogens (primary N) is 1. The molecule has 0 fully saturated rings. The smallest absolute Gasteiger partial charge is 0.335 e. The van der Waals surface area contributed by atoms with Gasteiger partial charge in [-0.15, -0.1) is 12.6 Å². The fourth-order valence-corrected chi connectivity index (χ4v) is 1.45. The third-order valence-corrected chi connectivity index (χ3v) is 2.20. The van der Waals surface area contributed by atoms with E-state index in [0.29, 0.717) is 10.5 Å². The maximum atomic E-state index is 10.6. The number of rotatable bonds is 2. The molecule has 0 radical (unpaired) electrons. The Morgan fingerprint density at radius 2 is 2.29 bits per heavy atom. The van der Waals surface area contributed by atoms with Crippen LogP contribution in [0.4, 0.5) is 0 Å². The maximum Gasteiger partial charge on any atom is 0.335 e. The van der Waals surface area contributed by atoms with E-state index in [4.69, 9.17) is 16.1 Å². The molecule has 5 heteroatoms. The summed E-state index contributed by atoms with van der Waals surface area (Å²) in [5, 5.41) is 17.5. The molecule has 0 aromatic heterocycles. The number of benzene rings is 1. The molecule has 0 unspecified atom stereocenters. The van der Waals surface area contributed by atoms with Crippen molar-refractivity contribution in [3.63, 3.8) is 0 Å². The van der Waals surface area contributed by atoms with E-state index in [1.165, 1.54) is 12.1 Å². The first-order chi connectivity index (χ1) is 6.60. The highest BCUT2D eigenvalue weighted by Crippen LogP contribution is 2.20. The van der Waals surface area contributed by atoms with Crippen molar-refractivity contribution in [3.8, 4) is 6.07 Å². The summed E-state index contributed by atoms with van der Waals surface area (Å²) in [4.78, 5) is 11.1. The number of nitriles is 1. The lowest BCUT2D eigenvalue weighted by atomic mass is 10.0. The fraction of sp³-hybridized carbons (Fsp3) is 0.111. The number of hydrogen-bond donors (Lipinski definition) is 3. The van der Waals surface area contributed by atoms with Gasteiger partial charge in [-0.25, -0.2) is 4.79 Å². The van der Waals surface area contributed by atoms with E-state index >= 15 is 0 Å². The molecule has 72 valence electrons. The molecule has 3 N–H and O–H groups in total. The van der Waals surface area contributed by atoms with Crippen LogP contribution in [0.25, 0.3) is 0 Å². The summed E-state index contributed by atoms with van der Waals surface area (Å²) < 4.78 is 0. The van der Waals surface area contributed by atoms with Gasteiger partial charge in [-0.2, -0.15) is 5.26 Å². The average molecular weight is 208 g/mol. The number of carboxylic acids is 1. The van der Waals surface area contributed by atoms with E-state index < -0.39 is 5.97 Å². The van der Waals surface area contributed by atoms with Crippen molar-refractivity contribution in [3.05, 3.63) is 28.8 Å². The normalized spacial score (nSPS) is 9.50. The first-order valence-corrected chi connectivity index (χ1v) is 4.24. The minimum atomic E-state index is -1.08. The van der Waals surface area contributed by atoms with Gasteiger partial charge < -0.3 is 10.8 Å². The van der Waals surface area contributed by atoms with Crippen LogP contribution < -0.4 is 5.73 Å². The maximum absolute atomic E-state index is 10.6. The Labute approximate surface area is 86.4 Å². The Morgan fingerprint density at radius 1 is 1.64 bits per heavy atom. The first-order valence-electron chi connectivity index (χ1n) is 3.79. The topological polar surface area (TPSA) is 87.1 Å². The molecule has 0 aliphatic rings. The molecule has 0 aliphatic carbocycles. The average Bonchev–Trinajstić information content (AvgIpc) is 2.16. The van der Waals surface area contributed by atoms with Gasteiger partial charge in [-0.05, 0) is 17.7 Å².